The fourth-order valence-corrected chi connectivity index (χ4v) is 9.10. The summed E-state index contributed by atoms with van der Waals surface area (Å²) in [4.78, 5) is 9.53. The van der Waals surface area contributed by atoms with Gasteiger partial charge in [0.1, 0.15) is 0 Å². The van der Waals surface area contributed by atoms with Crippen LogP contribution in [0, 0.1) is 6.92 Å². The molecule has 0 N–H and O–H groups in total. The number of para-hydroxylation sites is 4. The Labute approximate surface area is 374 Å². The van der Waals surface area contributed by atoms with Crippen molar-refractivity contribution < 1.29 is 0 Å². The van der Waals surface area contributed by atoms with Gasteiger partial charge in [-0.1, -0.05) is 133 Å². The SMILES string of the molecule is Cc1ccc(-c2ccc(N(c3ccc(-c4ccc(N(c5ccccc5)c5ccccc5)cc4)cc3)c3ccc(-c4ccc(N(c5ccccc5)c5ccccc5)cc4)cc3)cc2)s1. The van der Waals surface area contributed by atoms with E-state index in [1.807, 2.05) is 11.3 Å². The lowest BCUT2D eigenvalue weighted by Gasteiger charge is -2.26. The van der Waals surface area contributed by atoms with Crippen LogP contribution in [0.1, 0.15) is 4.88 Å². The van der Waals surface area contributed by atoms with Crippen LogP contribution < -0.4 is 14.7 Å². The van der Waals surface area contributed by atoms with E-state index >= 15 is 0 Å². The Hall–Kier alpha value is -7.92. The van der Waals surface area contributed by atoms with Gasteiger partial charge in [0, 0.05) is 60.9 Å². The van der Waals surface area contributed by atoms with Gasteiger partial charge in [0.25, 0.3) is 0 Å². The Balaban J connectivity index is 0.945. The first kappa shape index (κ1) is 39.2. The lowest BCUT2D eigenvalue weighted by atomic mass is 10.0. The number of hydrogen-bond acceptors (Lipinski definition) is 4. The van der Waals surface area contributed by atoms with Crippen LogP contribution in [0.3, 0.4) is 0 Å². The number of aryl methyl sites for hydroxylation is 1. The molecule has 63 heavy (non-hydrogen) atoms. The maximum atomic E-state index is 2.35. The molecule has 0 amide bonds. The van der Waals surface area contributed by atoms with Crippen molar-refractivity contribution >= 4 is 62.5 Å². The number of benzene rings is 9. The zero-order valence-corrected chi connectivity index (χ0v) is 35.8. The summed E-state index contributed by atoms with van der Waals surface area (Å²) in [6.07, 6.45) is 0. The molecule has 1 heterocycles. The van der Waals surface area contributed by atoms with Gasteiger partial charge in [-0.05, 0) is 156 Å². The molecule has 0 unspecified atom stereocenters. The molecule has 0 atom stereocenters. The average Bonchev–Trinajstić information content (AvgIpc) is 3.80. The summed E-state index contributed by atoms with van der Waals surface area (Å²) < 4.78 is 0. The van der Waals surface area contributed by atoms with E-state index in [2.05, 4.69) is 276 Å². The molecule has 302 valence electrons. The lowest BCUT2D eigenvalue weighted by molar-refractivity contribution is 1.28. The highest BCUT2D eigenvalue weighted by Crippen LogP contribution is 2.41. The maximum Gasteiger partial charge on any atom is 0.0462 e. The van der Waals surface area contributed by atoms with E-state index in [0.29, 0.717) is 0 Å². The molecular weight excluding hydrogens is 783 g/mol. The van der Waals surface area contributed by atoms with Crippen molar-refractivity contribution in [2.75, 3.05) is 14.7 Å². The van der Waals surface area contributed by atoms with Gasteiger partial charge in [-0.15, -0.1) is 11.3 Å². The molecule has 0 fully saturated rings. The van der Waals surface area contributed by atoms with Gasteiger partial charge < -0.3 is 14.7 Å². The molecule has 4 heteroatoms. The van der Waals surface area contributed by atoms with Crippen LogP contribution in [0.4, 0.5) is 51.2 Å². The van der Waals surface area contributed by atoms with Crippen molar-refractivity contribution in [3.05, 3.63) is 260 Å². The summed E-state index contributed by atoms with van der Waals surface area (Å²) in [7, 11) is 0. The molecule has 0 aliphatic carbocycles. The molecule has 0 bridgehead atoms. The van der Waals surface area contributed by atoms with Crippen molar-refractivity contribution in [2.24, 2.45) is 0 Å². The molecule has 10 aromatic rings. The van der Waals surface area contributed by atoms with E-state index in [9.17, 15) is 0 Å². The first-order valence-corrected chi connectivity index (χ1v) is 22.1. The summed E-state index contributed by atoms with van der Waals surface area (Å²) in [5, 5.41) is 0. The Morgan fingerprint density at radius 2 is 0.444 bits per heavy atom. The Morgan fingerprint density at radius 1 is 0.222 bits per heavy atom. The Morgan fingerprint density at radius 3 is 0.667 bits per heavy atom. The molecule has 0 spiro atoms. The van der Waals surface area contributed by atoms with E-state index in [0.717, 1.165) is 62.3 Å². The van der Waals surface area contributed by atoms with Gasteiger partial charge in [0.2, 0.25) is 0 Å². The van der Waals surface area contributed by atoms with E-state index < -0.39 is 0 Å². The normalized spacial score (nSPS) is 10.9. The van der Waals surface area contributed by atoms with Crippen molar-refractivity contribution in [1.82, 2.24) is 0 Å². The van der Waals surface area contributed by atoms with E-state index in [1.165, 1.54) is 26.4 Å². The zero-order chi connectivity index (χ0) is 42.4. The molecule has 0 saturated heterocycles. The van der Waals surface area contributed by atoms with Gasteiger partial charge >= 0.3 is 0 Å². The minimum atomic E-state index is 1.09. The Kier molecular flexibility index (Phi) is 11.2. The number of rotatable bonds is 12. The summed E-state index contributed by atoms with van der Waals surface area (Å²) in [6.45, 7) is 2.16. The summed E-state index contributed by atoms with van der Waals surface area (Å²) in [5.41, 5.74) is 15.9. The summed E-state index contributed by atoms with van der Waals surface area (Å²) in [6, 6.07) is 91.1. The second-order valence-corrected chi connectivity index (χ2v) is 16.8. The van der Waals surface area contributed by atoms with E-state index in [1.54, 1.807) is 0 Å². The molecule has 1 aromatic heterocycles. The van der Waals surface area contributed by atoms with Crippen molar-refractivity contribution in [1.29, 1.82) is 0 Å². The maximum absolute atomic E-state index is 2.35. The number of anilines is 9. The minimum Gasteiger partial charge on any atom is -0.311 e. The van der Waals surface area contributed by atoms with Gasteiger partial charge in [-0.3, -0.25) is 0 Å². The highest BCUT2D eigenvalue weighted by Gasteiger charge is 2.17. The molecule has 0 aliphatic heterocycles. The van der Waals surface area contributed by atoms with E-state index in [4.69, 9.17) is 0 Å². The second-order valence-electron chi connectivity index (χ2n) is 15.5. The summed E-state index contributed by atoms with van der Waals surface area (Å²) in [5.74, 6) is 0. The van der Waals surface area contributed by atoms with E-state index in [-0.39, 0.29) is 0 Å². The quantitative estimate of drug-likeness (QED) is 0.121. The predicted octanol–water partition coefficient (Wildman–Crippen LogP) is 17.5. The topological polar surface area (TPSA) is 9.72 Å². The van der Waals surface area contributed by atoms with Crippen molar-refractivity contribution in [2.45, 2.75) is 6.92 Å². The first-order valence-electron chi connectivity index (χ1n) is 21.3. The monoisotopic (exact) mass is 827 g/mol. The average molecular weight is 828 g/mol. The molecule has 0 radical (unpaired) electrons. The highest BCUT2D eigenvalue weighted by molar-refractivity contribution is 7.15. The van der Waals surface area contributed by atoms with Gasteiger partial charge in [0.15, 0.2) is 0 Å². The van der Waals surface area contributed by atoms with Crippen LogP contribution >= 0.6 is 11.3 Å². The van der Waals surface area contributed by atoms with Crippen LogP contribution in [-0.2, 0) is 0 Å². The zero-order valence-electron chi connectivity index (χ0n) is 35.0. The van der Waals surface area contributed by atoms with Gasteiger partial charge in [-0.25, -0.2) is 0 Å². The fraction of sp³-hybridized carbons (Fsp3) is 0.0169. The third-order valence-electron chi connectivity index (χ3n) is 11.4. The second kappa shape index (κ2) is 18.0. The van der Waals surface area contributed by atoms with Crippen LogP contribution in [0.2, 0.25) is 0 Å². The Bertz CT molecular complexity index is 2750. The largest absolute Gasteiger partial charge is 0.311 e. The number of hydrogen-bond donors (Lipinski definition) is 0. The molecule has 10 rings (SSSR count). The van der Waals surface area contributed by atoms with Crippen LogP contribution in [-0.4, -0.2) is 0 Å². The van der Waals surface area contributed by atoms with Gasteiger partial charge in [-0.2, -0.15) is 0 Å². The highest BCUT2D eigenvalue weighted by atomic mass is 32.1. The predicted molar refractivity (Wildman–Crippen MR) is 269 cm³/mol. The lowest BCUT2D eigenvalue weighted by Crippen LogP contribution is -2.10. The molecule has 0 aliphatic rings. The minimum absolute atomic E-state index is 1.09. The fourth-order valence-electron chi connectivity index (χ4n) is 8.23. The number of nitrogens with zero attached hydrogens (tertiary/aromatic N) is 3. The molecule has 0 saturated carbocycles. The van der Waals surface area contributed by atoms with Gasteiger partial charge in [0.05, 0.1) is 0 Å². The van der Waals surface area contributed by atoms with Crippen molar-refractivity contribution in [3.63, 3.8) is 0 Å². The smallest absolute Gasteiger partial charge is 0.0462 e. The van der Waals surface area contributed by atoms with Crippen LogP contribution in [0.25, 0.3) is 32.7 Å². The molecule has 9 aromatic carbocycles. The molecule has 3 nitrogen and oxygen atoms in total. The molecular formula is C59H45N3S. The summed E-state index contributed by atoms with van der Waals surface area (Å²) >= 11 is 1.83. The van der Waals surface area contributed by atoms with Crippen LogP contribution in [0.5, 0.6) is 0 Å². The van der Waals surface area contributed by atoms with Crippen LogP contribution in [0.15, 0.2) is 255 Å². The van der Waals surface area contributed by atoms with Crippen molar-refractivity contribution in [3.8, 4) is 32.7 Å². The number of thiophene rings is 1. The standard InChI is InChI=1S/C59H45N3S/c1-44-22-43-59(63-44)49-31-41-58(42-32-49)62(56-37-27-47(28-38-56)45-23-33-54(34-24-45)60(50-14-6-2-7-15-50)51-16-8-3-9-17-51)57-39-29-48(30-40-57)46-25-35-55(36-26-46)61(52-18-10-4-11-19-52)53-20-12-5-13-21-53/h2-43H,1H3. The third-order valence-corrected chi connectivity index (χ3v) is 12.4. The third kappa shape index (κ3) is 8.54. The first-order chi connectivity index (χ1) is 31.1.